The van der Waals surface area contributed by atoms with Crippen LogP contribution in [0.5, 0.6) is 0 Å². The summed E-state index contributed by atoms with van der Waals surface area (Å²) in [7, 11) is 0. The quantitative estimate of drug-likeness (QED) is 0.870. The number of hydrogen-bond acceptors (Lipinski definition) is 3. The number of nitrogens with two attached hydrogens (primary N) is 1. The van der Waals surface area contributed by atoms with Gasteiger partial charge in [-0.25, -0.2) is 0 Å². The fourth-order valence-electron chi connectivity index (χ4n) is 1.94. The summed E-state index contributed by atoms with van der Waals surface area (Å²) in [5, 5.41) is 5.47. The van der Waals surface area contributed by atoms with Crippen molar-refractivity contribution in [2.75, 3.05) is 13.1 Å². The number of halogens is 1. The van der Waals surface area contributed by atoms with Gasteiger partial charge in [-0.3, -0.25) is 0 Å². The van der Waals surface area contributed by atoms with Crippen LogP contribution in [0.1, 0.15) is 23.8 Å². The molecule has 1 aromatic heterocycles. The van der Waals surface area contributed by atoms with E-state index in [1.54, 1.807) is 11.3 Å². The van der Waals surface area contributed by atoms with Gasteiger partial charge in [0.15, 0.2) is 0 Å². The molecular weight excluding hydrogens is 260 g/mol. The third kappa shape index (κ3) is 2.37. The van der Waals surface area contributed by atoms with E-state index in [9.17, 15) is 0 Å². The number of rotatable bonds is 2. The third-order valence-electron chi connectivity index (χ3n) is 2.81. The molecule has 2 heterocycles. The van der Waals surface area contributed by atoms with Crippen molar-refractivity contribution in [1.29, 1.82) is 0 Å². The summed E-state index contributed by atoms with van der Waals surface area (Å²) in [5.74, 6) is 0.654. The van der Waals surface area contributed by atoms with E-state index in [-0.39, 0.29) is 6.04 Å². The van der Waals surface area contributed by atoms with E-state index in [1.807, 2.05) is 0 Å². The molecule has 2 nitrogen and oxygen atoms in total. The van der Waals surface area contributed by atoms with Gasteiger partial charge in [0.1, 0.15) is 0 Å². The molecule has 0 aliphatic carbocycles. The summed E-state index contributed by atoms with van der Waals surface area (Å²) in [5.41, 5.74) is 6.24. The van der Waals surface area contributed by atoms with Crippen LogP contribution in [0.4, 0.5) is 0 Å². The summed E-state index contributed by atoms with van der Waals surface area (Å²) in [6.45, 7) is 2.23. The van der Waals surface area contributed by atoms with Crippen molar-refractivity contribution in [2.45, 2.75) is 18.9 Å². The second-order valence-corrected chi connectivity index (χ2v) is 5.64. The van der Waals surface area contributed by atoms with Crippen molar-refractivity contribution in [3.8, 4) is 0 Å². The molecule has 0 aromatic carbocycles. The molecule has 0 spiro atoms. The Morgan fingerprint density at radius 3 is 2.79 bits per heavy atom. The first-order chi connectivity index (χ1) is 6.77. The SMILES string of the molecule is NC(c1cc(Br)cs1)C1CCNCC1. The average Bonchev–Trinajstić information content (AvgIpc) is 2.65. The van der Waals surface area contributed by atoms with Crippen LogP contribution in [0.2, 0.25) is 0 Å². The van der Waals surface area contributed by atoms with Gasteiger partial charge in [-0.05, 0) is 53.8 Å². The van der Waals surface area contributed by atoms with Crippen molar-refractivity contribution < 1.29 is 0 Å². The van der Waals surface area contributed by atoms with E-state index in [2.05, 4.69) is 32.7 Å². The number of piperidine rings is 1. The van der Waals surface area contributed by atoms with Crippen molar-refractivity contribution in [3.63, 3.8) is 0 Å². The molecule has 0 amide bonds. The lowest BCUT2D eigenvalue weighted by molar-refractivity contribution is 0.325. The molecule has 0 bridgehead atoms. The van der Waals surface area contributed by atoms with Gasteiger partial charge in [0.25, 0.3) is 0 Å². The number of thiophene rings is 1. The van der Waals surface area contributed by atoms with Crippen LogP contribution < -0.4 is 11.1 Å². The Kier molecular flexibility index (Phi) is 3.60. The zero-order valence-corrected chi connectivity index (χ0v) is 10.4. The molecule has 3 N–H and O–H groups in total. The highest BCUT2D eigenvalue weighted by molar-refractivity contribution is 9.10. The largest absolute Gasteiger partial charge is 0.323 e. The predicted molar refractivity (Wildman–Crippen MR) is 64.5 cm³/mol. The molecule has 1 unspecified atom stereocenters. The van der Waals surface area contributed by atoms with Gasteiger partial charge in [-0.15, -0.1) is 11.3 Å². The van der Waals surface area contributed by atoms with Crippen LogP contribution in [0.25, 0.3) is 0 Å². The summed E-state index contributed by atoms with van der Waals surface area (Å²) in [6, 6.07) is 2.38. The molecular formula is C10H15BrN2S. The second-order valence-electron chi connectivity index (χ2n) is 3.78. The van der Waals surface area contributed by atoms with Crippen LogP contribution >= 0.6 is 27.3 Å². The Morgan fingerprint density at radius 1 is 1.50 bits per heavy atom. The summed E-state index contributed by atoms with van der Waals surface area (Å²) < 4.78 is 1.15. The Balaban J connectivity index is 2.03. The Hall–Kier alpha value is 0.1000. The van der Waals surface area contributed by atoms with E-state index in [0.717, 1.165) is 17.6 Å². The molecule has 78 valence electrons. The minimum atomic E-state index is 0.230. The molecule has 1 saturated heterocycles. The normalized spacial score (nSPS) is 21.0. The zero-order valence-electron chi connectivity index (χ0n) is 8.00. The fourth-order valence-corrected chi connectivity index (χ4v) is 3.48. The molecule has 1 atom stereocenters. The lowest BCUT2D eigenvalue weighted by Crippen LogP contribution is -2.33. The lowest BCUT2D eigenvalue weighted by Gasteiger charge is -2.27. The Labute approximate surface area is 97.0 Å². The van der Waals surface area contributed by atoms with E-state index in [4.69, 9.17) is 5.73 Å². The fraction of sp³-hybridized carbons (Fsp3) is 0.600. The van der Waals surface area contributed by atoms with Gasteiger partial charge in [0.2, 0.25) is 0 Å². The van der Waals surface area contributed by atoms with Gasteiger partial charge in [-0.2, -0.15) is 0 Å². The average molecular weight is 275 g/mol. The molecule has 1 aromatic rings. The molecule has 0 radical (unpaired) electrons. The van der Waals surface area contributed by atoms with Gasteiger partial charge in [-0.1, -0.05) is 0 Å². The van der Waals surface area contributed by atoms with Gasteiger partial charge < -0.3 is 11.1 Å². The second kappa shape index (κ2) is 4.75. The topological polar surface area (TPSA) is 38.0 Å². The van der Waals surface area contributed by atoms with Gasteiger partial charge in [0.05, 0.1) is 0 Å². The highest BCUT2D eigenvalue weighted by atomic mass is 79.9. The Morgan fingerprint density at radius 2 is 2.21 bits per heavy atom. The maximum Gasteiger partial charge on any atom is 0.0419 e. The number of nitrogens with one attached hydrogen (secondary N) is 1. The lowest BCUT2D eigenvalue weighted by atomic mass is 9.90. The maximum absolute atomic E-state index is 6.24. The zero-order chi connectivity index (χ0) is 9.97. The third-order valence-corrected chi connectivity index (χ3v) is 4.60. The first kappa shape index (κ1) is 10.6. The van der Waals surface area contributed by atoms with Crippen LogP contribution in [0.15, 0.2) is 15.9 Å². The number of hydrogen-bond donors (Lipinski definition) is 2. The minimum absolute atomic E-state index is 0.230. The molecule has 1 aliphatic rings. The van der Waals surface area contributed by atoms with Crippen molar-refractivity contribution in [2.24, 2.45) is 11.7 Å². The molecule has 0 saturated carbocycles. The van der Waals surface area contributed by atoms with Crippen LogP contribution in [0.3, 0.4) is 0 Å². The van der Waals surface area contributed by atoms with Crippen LogP contribution in [-0.4, -0.2) is 13.1 Å². The van der Waals surface area contributed by atoms with E-state index in [0.29, 0.717) is 5.92 Å². The predicted octanol–water partition coefficient (Wildman–Crippen LogP) is 2.51. The minimum Gasteiger partial charge on any atom is -0.323 e. The van der Waals surface area contributed by atoms with Gasteiger partial charge >= 0.3 is 0 Å². The van der Waals surface area contributed by atoms with E-state index in [1.165, 1.54) is 17.7 Å². The maximum atomic E-state index is 6.24. The van der Waals surface area contributed by atoms with Gasteiger partial charge in [0, 0.05) is 20.8 Å². The molecule has 4 heteroatoms. The summed E-state index contributed by atoms with van der Waals surface area (Å²) >= 11 is 5.23. The van der Waals surface area contributed by atoms with Crippen molar-refractivity contribution in [3.05, 3.63) is 20.8 Å². The first-order valence-corrected chi connectivity index (χ1v) is 6.65. The van der Waals surface area contributed by atoms with Crippen molar-refractivity contribution >= 4 is 27.3 Å². The Bertz CT molecular complexity index is 294. The molecule has 1 aliphatic heterocycles. The monoisotopic (exact) mass is 274 g/mol. The standard InChI is InChI=1S/C10H15BrN2S/c11-8-5-9(14-6-8)10(12)7-1-3-13-4-2-7/h5-7,10,13H,1-4,12H2. The highest BCUT2D eigenvalue weighted by Gasteiger charge is 2.22. The first-order valence-electron chi connectivity index (χ1n) is 4.97. The highest BCUT2D eigenvalue weighted by Crippen LogP contribution is 2.32. The van der Waals surface area contributed by atoms with Crippen LogP contribution in [-0.2, 0) is 0 Å². The van der Waals surface area contributed by atoms with E-state index < -0.39 is 0 Å². The van der Waals surface area contributed by atoms with Crippen molar-refractivity contribution in [1.82, 2.24) is 5.32 Å². The van der Waals surface area contributed by atoms with Crippen LogP contribution in [0, 0.1) is 5.92 Å². The summed E-state index contributed by atoms with van der Waals surface area (Å²) in [4.78, 5) is 1.31. The molecule has 1 fully saturated rings. The van der Waals surface area contributed by atoms with E-state index >= 15 is 0 Å². The molecule has 14 heavy (non-hydrogen) atoms. The molecule has 2 rings (SSSR count). The smallest absolute Gasteiger partial charge is 0.0419 e. The summed E-state index contributed by atoms with van der Waals surface area (Å²) in [6.07, 6.45) is 2.41.